The molecule has 0 aromatic carbocycles. The Bertz CT molecular complexity index is 309. The number of aromatic nitrogens is 2. The Labute approximate surface area is 87.4 Å². The third kappa shape index (κ3) is 1.94. The molecule has 0 aliphatic heterocycles. The normalized spacial score (nSPS) is 12.2. The van der Waals surface area contributed by atoms with Gasteiger partial charge in [0.05, 0.1) is 21.4 Å². The summed E-state index contributed by atoms with van der Waals surface area (Å²) in [7, 11) is 0. The number of nitrogens with two attached hydrogens (primary N) is 1. The highest BCUT2D eigenvalue weighted by atomic mass is 79.9. The topological polar surface area (TPSA) is 43.8 Å². The lowest BCUT2D eigenvalue weighted by Gasteiger charge is -2.21. The Morgan fingerprint density at radius 1 is 1.46 bits per heavy atom. The third-order valence-corrected chi connectivity index (χ3v) is 2.97. The fraction of sp³-hybridized carbons (Fsp3) is 0.667. The zero-order valence-electron chi connectivity index (χ0n) is 8.56. The van der Waals surface area contributed by atoms with E-state index in [1.807, 2.05) is 11.6 Å². The van der Waals surface area contributed by atoms with E-state index in [2.05, 4.69) is 41.8 Å². The Hall–Kier alpha value is -0.350. The molecule has 0 amide bonds. The lowest BCUT2D eigenvalue weighted by atomic mass is 10.1. The van der Waals surface area contributed by atoms with Crippen LogP contribution in [-0.4, -0.2) is 9.78 Å². The van der Waals surface area contributed by atoms with Crippen molar-refractivity contribution in [3.8, 4) is 0 Å². The zero-order valence-corrected chi connectivity index (χ0v) is 10.1. The molecule has 0 atom stereocenters. The lowest BCUT2D eigenvalue weighted by molar-refractivity contribution is 0.345. The minimum absolute atomic E-state index is 0.0139. The first-order valence-electron chi connectivity index (χ1n) is 4.32. The maximum atomic E-state index is 5.57. The zero-order chi connectivity index (χ0) is 10.2. The molecule has 1 aromatic heterocycles. The Balaban J connectivity index is 3.25. The van der Waals surface area contributed by atoms with Gasteiger partial charge in [-0.15, -0.1) is 0 Å². The van der Waals surface area contributed by atoms with Gasteiger partial charge in [-0.1, -0.05) is 0 Å². The van der Waals surface area contributed by atoms with Crippen LogP contribution in [-0.2, 0) is 12.1 Å². The molecular weight excluding hydrogens is 230 g/mol. The average molecular weight is 246 g/mol. The summed E-state index contributed by atoms with van der Waals surface area (Å²) in [6, 6.07) is 0. The second-order valence-corrected chi connectivity index (χ2v) is 4.93. The quantitative estimate of drug-likeness (QED) is 0.825. The second kappa shape index (κ2) is 3.42. The summed E-state index contributed by atoms with van der Waals surface area (Å²) >= 11 is 3.49. The van der Waals surface area contributed by atoms with E-state index in [-0.39, 0.29) is 5.54 Å². The van der Waals surface area contributed by atoms with Crippen LogP contribution < -0.4 is 5.73 Å². The van der Waals surface area contributed by atoms with E-state index in [9.17, 15) is 0 Å². The molecule has 0 saturated carbocycles. The van der Waals surface area contributed by atoms with Gasteiger partial charge in [-0.25, -0.2) is 0 Å². The largest absolute Gasteiger partial charge is 0.325 e. The van der Waals surface area contributed by atoms with Crippen LogP contribution in [0.2, 0.25) is 0 Å². The van der Waals surface area contributed by atoms with Crippen molar-refractivity contribution in [3.63, 3.8) is 0 Å². The molecule has 1 heterocycles. The van der Waals surface area contributed by atoms with Crippen LogP contribution in [0.25, 0.3) is 0 Å². The summed E-state index contributed by atoms with van der Waals surface area (Å²) in [5.41, 5.74) is 7.64. The number of nitrogens with zero attached hydrogens (tertiary/aromatic N) is 2. The van der Waals surface area contributed by atoms with E-state index in [0.717, 1.165) is 15.9 Å². The predicted molar refractivity (Wildman–Crippen MR) is 57.6 cm³/mol. The molecule has 0 bridgehead atoms. The van der Waals surface area contributed by atoms with Gasteiger partial charge < -0.3 is 5.73 Å². The molecule has 0 radical (unpaired) electrons. The molecule has 1 rings (SSSR count). The highest BCUT2D eigenvalue weighted by Gasteiger charge is 2.20. The van der Waals surface area contributed by atoms with Crippen molar-refractivity contribution in [1.82, 2.24) is 9.78 Å². The standard InChI is InChI=1S/C9H16BrN3/c1-6-8(10)7(5-11)12-13(6)9(2,3)4/h5,11H2,1-4H3. The monoisotopic (exact) mass is 245 g/mol. The van der Waals surface area contributed by atoms with Crippen molar-refractivity contribution in [2.24, 2.45) is 5.73 Å². The minimum atomic E-state index is 0.0139. The summed E-state index contributed by atoms with van der Waals surface area (Å²) in [6.07, 6.45) is 0. The molecule has 74 valence electrons. The molecule has 0 fully saturated rings. The van der Waals surface area contributed by atoms with Crippen molar-refractivity contribution >= 4 is 15.9 Å². The van der Waals surface area contributed by atoms with Gasteiger partial charge in [-0.3, -0.25) is 4.68 Å². The lowest BCUT2D eigenvalue weighted by Crippen LogP contribution is -2.24. The van der Waals surface area contributed by atoms with Crippen molar-refractivity contribution in [2.45, 2.75) is 39.8 Å². The Morgan fingerprint density at radius 3 is 2.23 bits per heavy atom. The molecule has 0 spiro atoms. The number of hydrogen-bond acceptors (Lipinski definition) is 2. The van der Waals surface area contributed by atoms with E-state index >= 15 is 0 Å². The summed E-state index contributed by atoms with van der Waals surface area (Å²) in [4.78, 5) is 0. The van der Waals surface area contributed by atoms with Crippen LogP contribution in [0.3, 0.4) is 0 Å². The Kier molecular flexibility index (Phi) is 2.82. The van der Waals surface area contributed by atoms with Crippen LogP contribution in [0.1, 0.15) is 32.2 Å². The van der Waals surface area contributed by atoms with Crippen LogP contribution in [0.5, 0.6) is 0 Å². The van der Waals surface area contributed by atoms with Crippen LogP contribution >= 0.6 is 15.9 Å². The van der Waals surface area contributed by atoms with E-state index in [1.54, 1.807) is 0 Å². The average Bonchev–Trinajstić information content (AvgIpc) is 2.28. The van der Waals surface area contributed by atoms with Gasteiger partial charge in [0.1, 0.15) is 0 Å². The molecule has 13 heavy (non-hydrogen) atoms. The van der Waals surface area contributed by atoms with Crippen molar-refractivity contribution < 1.29 is 0 Å². The van der Waals surface area contributed by atoms with E-state index in [1.165, 1.54) is 0 Å². The van der Waals surface area contributed by atoms with E-state index in [0.29, 0.717) is 6.54 Å². The predicted octanol–water partition coefficient (Wildman–Crippen LogP) is 2.17. The number of rotatable bonds is 1. The highest BCUT2D eigenvalue weighted by molar-refractivity contribution is 9.10. The van der Waals surface area contributed by atoms with Crippen LogP contribution in [0.4, 0.5) is 0 Å². The molecule has 4 heteroatoms. The SMILES string of the molecule is Cc1c(Br)c(CN)nn1C(C)(C)C. The maximum absolute atomic E-state index is 5.57. The van der Waals surface area contributed by atoms with Gasteiger partial charge in [-0.05, 0) is 43.6 Å². The van der Waals surface area contributed by atoms with Crippen LogP contribution in [0, 0.1) is 6.92 Å². The first-order valence-corrected chi connectivity index (χ1v) is 5.11. The highest BCUT2D eigenvalue weighted by Crippen LogP contribution is 2.25. The maximum Gasteiger partial charge on any atom is 0.0905 e. The molecule has 0 saturated heterocycles. The van der Waals surface area contributed by atoms with Crippen molar-refractivity contribution in [2.75, 3.05) is 0 Å². The summed E-state index contributed by atoms with van der Waals surface area (Å²) in [5, 5.41) is 4.44. The molecule has 1 aromatic rings. The van der Waals surface area contributed by atoms with Gasteiger partial charge >= 0.3 is 0 Å². The first-order chi connectivity index (χ1) is 5.88. The minimum Gasteiger partial charge on any atom is -0.325 e. The van der Waals surface area contributed by atoms with Gasteiger partial charge in [0.25, 0.3) is 0 Å². The molecule has 2 N–H and O–H groups in total. The smallest absolute Gasteiger partial charge is 0.0905 e. The fourth-order valence-electron chi connectivity index (χ4n) is 1.32. The second-order valence-electron chi connectivity index (χ2n) is 4.13. The van der Waals surface area contributed by atoms with Gasteiger partial charge in [0.2, 0.25) is 0 Å². The molecule has 0 aliphatic rings. The van der Waals surface area contributed by atoms with E-state index < -0.39 is 0 Å². The molecular formula is C9H16BrN3. The first kappa shape index (κ1) is 10.7. The molecule has 0 aliphatic carbocycles. The third-order valence-electron chi connectivity index (χ3n) is 1.94. The summed E-state index contributed by atoms with van der Waals surface area (Å²) in [5.74, 6) is 0. The van der Waals surface area contributed by atoms with Crippen molar-refractivity contribution in [3.05, 3.63) is 15.9 Å². The fourth-order valence-corrected chi connectivity index (χ4v) is 1.73. The van der Waals surface area contributed by atoms with Crippen LogP contribution in [0.15, 0.2) is 4.47 Å². The number of halogens is 1. The van der Waals surface area contributed by atoms with Crippen molar-refractivity contribution in [1.29, 1.82) is 0 Å². The van der Waals surface area contributed by atoms with Gasteiger partial charge in [0, 0.05) is 6.54 Å². The molecule has 3 nitrogen and oxygen atoms in total. The Morgan fingerprint density at radius 2 is 2.00 bits per heavy atom. The van der Waals surface area contributed by atoms with E-state index in [4.69, 9.17) is 5.73 Å². The molecule has 0 unspecified atom stereocenters. The number of hydrogen-bond donors (Lipinski definition) is 1. The van der Waals surface area contributed by atoms with Gasteiger partial charge in [0.15, 0.2) is 0 Å². The summed E-state index contributed by atoms with van der Waals surface area (Å²) in [6.45, 7) is 8.89. The summed E-state index contributed by atoms with van der Waals surface area (Å²) < 4.78 is 3.03. The van der Waals surface area contributed by atoms with Gasteiger partial charge in [-0.2, -0.15) is 5.10 Å².